The van der Waals surface area contributed by atoms with Crippen LogP contribution in [0.25, 0.3) is 0 Å². The predicted molar refractivity (Wildman–Crippen MR) is 104 cm³/mol. The van der Waals surface area contributed by atoms with Gasteiger partial charge < -0.3 is 30.0 Å². The van der Waals surface area contributed by atoms with Gasteiger partial charge in [-0.1, -0.05) is 0 Å². The zero-order valence-corrected chi connectivity index (χ0v) is 20.0. The standard InChI is InChI=1S/C12H16F4N3O11P3S/c1-11(12(14,15)16)3-2-6(28-9(11)19-4-7(13)8(17)18-10(19)34)5-27-32(23,24)30-33(25,26)29-31(20,21)22/h2,4,9H,3,5H2,1H3,(H,23,24)(H,25,26)(H2,17,18,34)(H2,20,21,22)/t9-,11?/m1/s1. The molecule has 1 aliphatic heterocycles. The molecule has 1 aliphatic rings. The Hall–Kier alpha value is -1.23. The SMILES string of the molecule is CC1(C(F)(F)F)CC=C(COP(=O)(O)OP(=O)(O)OP(=O)(O)O)O[C@H]1n1cc(F)c(N)nc1=S. The van der Waals surface area contributed by atoms with Crippen LogP contribution in [0.3, 0.4) is 0 Å². The molecule has 1 aromatic rings. The van der Waals surface area contributed by atoms with Crippen molar-refractivity contribution < 1.29 is 68.7 Å². The van der Waals surface area contributed by atoms with Crippen molar-refractivity contribution in [3.63, 3.8) is 0 Å². The van der Waals surface area contributed by atoms with E-state index in [2.05, 4.69) is 18.1 Å². The van der Waals surface area contributed by atoms with E-state index in [1.54, 1.807) is 0 Å². The number of aromatic nitrogens is 2. The third-order valence-electron chi connectivity index (χ3n) is 4.18. The van der Waals surface area contributed by atoms with Crippen LogP contribution in [0.2, 0.25) is 0 Å². The van der Waals surface area contributed by atoms with Gasteiger partial charge in [0.05, 0.1) is 0 Å². The van der Waals surface area contributed by atoms with Gasteiger partial charge >= 0.3 is 29.6 Å². The Morgan fingerprint density at radius 2 is 1.85 bits per heavy atom. The maximum atomic E-state index is 13.9. The molecule has 3 unspecified atom stereocenters. The summed E-state index contributed by atoms with van der Waals surface area (Å²) in [6, 6.07) is 0. The summed E-state index contributed by atoms with van der Waals surface area (Å²) >= 11 is 4.84. The summed E-state index contributed by atoms with van der Waals surface area (Å²) in [5.41, 5.74) is 2.54. The number of nitrogens with zero attached hydrogens (tertiary/aromatic N) is 2. The highest BCUT2D eigenvalue weighted by Gasteiger charge is 2.59. The summed E-state index contributed by atoms with van der Waals surface area (Å²) in [5, 5.41) is 0. The van der Waals surface area contributed by atoms with Crippen molar-refractivity contribution in [2.75, 3.05) is 12.3 Å². The lowest BCUT2D eigenvalue weighted by Gasteiger charge is -2.42. The van der Waals surface area contributed by atoms with E-state index in [9.17, 15) is 36.2 Å². The summed E-state index contributed by atoms with van der Waals surface area (Å²) < 4.78 is 106. The fourth-order valence-electron chi connectivity index (χ4n) is 2.53. The highest BCUT2D eigenvalue weighted by atomic mass is 32.1. The zero-order valence-electron chi connectivity index (χ0n) is 16.5. The monoisotopic (exact) mass is 579 g/mol. The van der Waals surface area contributed by atoms with Gasteiger partial charge in [-0.3, -0.25) is 9.09 Å². The molecule has 0 saturated heterocycles. The Morgan fingerprint density at radius 1 is 1.26 bits per heavy atom. The molecule has 0 radical (unpaired) electrons. The summed E-state index contributed by atoms with van der Waals surface area (Å²) in [7, 11) is -17.0. The Balaban J connectivity index is 2.30. The normalized spacial score (nSPS) is 25.1. The van der Waals surface area contributed by atoms with E-state index in [4.69, 9.17) is 37.4 Å². The van der Waals surface area contributed by atoms with Gasteiger partial charge in [0, 0.05) is 6.20 Å². The second kappa shape index (κ2) is 9.67. The van der Waals surface area contributed by atoms with Crippen LogP contribution in [0.5, 0.6) is 0 Å². The van der Waals surface area contributed by atoms with Gasteiger partial charge in [-0.2, -0.15) is 26.8 Å². The number of hydrogen-bond acceptors (Lipinski definition) is 10. The van der Waals surface area contributed by atoms with E-state index in [0.29, 0.717) is 10.8 Å². The molecule has 194 valence electrons. The Kier molecular flexibility index (Phi) is 8.25. The van der Waals surface area contributed by atoms with Gasteiger partial charge in [0.2, 0.25) is 4.77 Å². The third kappa shape index (κ3) is 7.15. The van der Waals surface area contributed by atoms with Crippen LogP contribution < -0.4 is 5.73 Å². The van der Waals surface area contributed by atoms with Crippen molar-refractivity contribution in [3.8, 4) is 0 Å². The lowest BCUT2D eigenvalue weighted by atomic mass is 9.82. The lowest BCUT2D eigenvalue weighted by molar-refractivity contribution is -0.271. The van der Waals surface area contributed by atoms with Gasteiger partial charge in [0.25, 0.3) is 0 Å². The minimum absolute atomic E-state index is 0.518. The van der Waals surface area contributed by atoms with Crippen molar-refractivity contribution in [2.45, 2.75) is 25.7 Å². The molecule has 34 heavy (non-hydrogen) atoms. The molecular weight excluding hydrogens is 563 g/mol. The molecule has 22 heteroatoms. The van der Waals surface area contributed by atoms with E-state index in [-0.39, 0.29) is 0 Å². The average Bonchev–Trinajstić information content (AvgIpc) is 2.60. The van der Waals surface area contributed by atoms with E-state index >= 15 is 0 Å². The summed E-state index contributed by atoms with van der Waals surface area (Å²) in [4.78, 5) is 39.0. The number of alkyl halides is 3. The maximum absolute atomic E-state index is 13.9. The second-order valence-corrected chi connectivity index (χ2v) is 11.6. The van der Waals surface area contributed by atoms with Crippen molar-refractivity contribution in [1.82, 2.24) is 9.55 Å². The molecule has 0 aromatic carbocycles. The van der Waals surface area contributed by atoms with Gasteiger partial charge in [-0.05, 0) is 31.6 Å². The first kappa shape index (κ1) is 29.0. The topological polar surface area (TPSA) is 213 Å². The number of hydrogen-bond donors (Lipinski definition) is 5. The Labute approximate surface area is 192 Å². The van der Waals surface area contributed by atoms with Gasteiger partial charge in [-0.25, -0.2) is 18.1 Å². The average molecular weight is 579 g/mol. The molecule has 0 fully saturated rings. The molecule has 4 atom stereocenters. The molecule has 0 aliphatic carbocycles. The first-order chi connectivity index (χ1) is 15.2. The molecule has 0 bridgehead atoms. The van der Waals surface area contributed by atoms with Crippen LogP contribution in [-0.2, 0) is 31.6 Å². The number of phosphoric ester groups is 1. The summed E-state index contributed by atoms with van der Waals surface area (Å²) in [6.07, 6.45) is -6.55. The Morgan fingerprint density at radius 3 is 2.38 bits per heavy atom. The van der Waals surface area contributed by atoms with Crippen molar-refractivity contribution >= 4 is 41.5 Å². The number of allylic oxidation sites excluding steroid dienone is 1. The van der Waals surface area contributed by atoms with Crippen LogP contribution >= 0.6 is 35.7 Å². The van der Waals surface area contributed by atoms with Crippen LogP contribution in [0.1, 0.15) is 19.6 Å². The number of ether oxygens (including phenoxy) is 1. The predicted octanol–water partition coefficient (Wildman–Crippen LogP) is 3.05. The summed E-state index contributed by atoms with van der Waals surface area (Å²) in [6.45, 7) is -0.421. The minimum atomic E-state index is -5.82. The molecule has 0 saturated carbocycles. The number of phosphoric acid groups is 3. The molecule has 2 rings (SSSR count). The second-order valence-electron chi connectivity index (χ2n) is 6.79. The smallest absolute Gasteiger partial charge is 0.471 e. The Bertz CT molecular complexity index is 1190. The first-order valence-corrected chi connectivity index (χ1v) is 13.3. The van der Waals surface area contributed by atoms with E-state index in [1.807, 2.05) is 0 Å². The molecule has 2 heterocycles. The van der Waals surface area contributed by atoms with Crippen molar-refractivity contribution in [2.24, 2.45) is 5.41 Å². The largest absolute Gasteiger partial charge is 0.490 e. The van der Waals surface area contributed by atoms with Crippen molar-refractivity contribution in [1.29, 1.82) is 0 Å². The molecule has 0 spiro atoms. The van der Waals surface area contributed by atoms with Crippen LogP contribution in [0, 0.1) is 16.0 Å². The molecular formula is C12H16F4N3O11P3S. The molecule has 1 aromatic heterocycles. The number of nitrogen functional groups attached to an aromatic ring is 1. The first-order valence-electron chi connectivity index (χ1n) is 8.41. The number of nitrogens with two attached hydrogens (primary N) is 1. The van der Waals surface area contributed by atoms with Crippen molar-refractivity contribution in [3.05, 3.63) is 28.6 Å². The summed E-state index contributed by atoms with van der Waals surface area (Å²) in [5.74, 6) is -2.45. The van der Waals surface area contributed by atoms with Crippen LogP contribution in [-0.4, -0.2) is 41.9 Å². The number of halogens is 4. The fraction of sp³-hybridized carbons (Fsp3) is 0.500. The van der Waals surface area contributed by atoms with Gasteiger partial charge in [0.15, 0.2) is 17.9 Å². The van der Waals surface area contributed by atoms with E-state index in [0.717, 1.165) is 13.0 Å². The van der Waals surface area contributed by atoms with Crippen LogP contribution in [0.15, 0.2) is 18.0 Å². The lowest BCUT2D eigenvalue weighted by Crippen LogP contribution is -2.46. The maximum Gasteiger partial charge on any atom is 0.490 e. The highest BCUT2D eigenvalue weighted by molar-refractivity contribution is 7.71. The van der Waals surface area contributed by atoms with Gasteiger partial charge in [0.1, 0.15) is 17.8 Å². The van der Waals surface area contributed by atoms with Crippen LogP contribution in [0.4, 0.5) is 23.4 Å². The van der Waals surface area contributed by atoms with E-state index < -0.39 is 76.5 Å². The highest BCUT2D eigenvalue weighted by Crippen LogP contribution is 2.66. The quantitative estimate of drug-likeness (QED) is 0.170. The third-order valence-corrected chi connectivity index (χ3v) is 8.27. The number of rotatable bonds is 8. The molecule has 6 N–H and O–H groups in total. The van der Waals surface area contributed by atoms with E-state index in [1.165, 1.54) is 0 Å². The fourth-order valence-corrected chi connectivity index (χ4v) is 5.77. The molecule has 0 amide bonds. The zero-order chi connectivity index (χ0) is 26.3. The number of anilines is 1. The molecule has 14 nitrogen and oxygen atoms in total. The van der Waals surface area contributed by atoms with Gasteiger partial charge in [-0.15, -0.1) is 0 Å². The minimum Gasteiger partial charge on any atom is -0.471 e.